The van der Waals surface area contributed by atoms with Gasteiger partial charge in [0.15, 0.2) is 0 Å². The third kappa shape index (κ3) is 3.31. The molecule has 0 spiro atoms. The SMILES string of the molecule is CC1CCC(CCc2cccc(F)c2)NC1. The van der Waals surface area contributed by atoms with Crippen molar-refractivity contribution in [1.29, 1.82) is 0 Å². The molecule has 1 aliphatic heterocycles. The number of piperidine rings is 1. The standard InChI is InChI=1S/C14H20FN/c1-11-5-7-14(16-10-11)8-6-12-3-2-4-13(15)9-12/h2-4,9,11,14,16H,5-8,10H2,1H3. The molecule has 1 N–H and O–H groups in total. The molecule has 0 aliphatic carbocycles. The molecule has 1 aromatic rings. The highest BCUT2D eigenvalue weighted by Gasteiger charge is 2.16. The first-order valence-electron chi connectivity index (χ1n) is 6.22. The summed E-state index contributed by atoms with van der Waals surface area (Å²) in [6.45, 7) is 3.42. The van der Waals surface area contributed by atoms with Gasteiger partial charge in [-0.2, -0.15) is 0 Å². The minimum Gasteiger partial charge on any atom is -0.314 e. The number of rotatable bonds is 3. The number of benzene rings is 1. The average molecular weight is 221 g/mol. The molecule has 1 aromatic carbocycles. The molecular weight excluding hydrogens is 201 g/mol. The highest BCUT2D eigenvalue weighted by Crippen LogP contribution is 2.17. The lowest BCUT2D eigenvalue weighted by Crippen LogP contribution is -2.38. The van der Waals surface area contributed by atoms with E-state index in [0.29, 0.717) is 6.04 Å². The molecule has 1 aliphatic rings. The minimum absolute atomic E-state index is 0.122. The number of halogens is 1. The zero-order valence-electron chi connectivity index (χ0n) is 9.88. The van der Waals surface area contributed by atoms with Gasteiger partial charge >= 0.3 is 0 Å². The van der Waals surface area contributed by atoms with Crippen LogP contribution in [0.4, 0.5) is 4.39 Å². The van der Waals surface area contributed by atoms with Gasteiger partial charge in [0.2, 0.25) is 0 Å². The van der Waals surface area contributed by atoms with Crippen LogP contribution >= 0.6 is 0 Å². The third-order valence-corrected chi connectivity index (χ3v) is 3.43. The fourth-order valence-electron chi connectivity index (χ4n) is 2.34. The quantitative estimate of drug-likeness (QED) is 0.826. The van der Waals surface area contributed by atoms with Crippen LogP contribution in [0.3, 0.4) is 0 Å². The fraction of sp³-hybridized carbons (Fsp3) is 0.571. The molecule has 0 radical (unpaired) electrons. The van der Waals surface area contributed by atoms with Crippen molar-refractivity contribution in [3.8, 4) is 0 Å². The smallest absolute Gasteiger partial charge is 0.123 e. The van der Waals surface area contributed by atoms with Crippen molar-refractivity contribution in [2.75, 3.05) is 6.54 Å². The van der Waals surface area contributed by atoms with E-state index in [1.807, 2.05) is 6.07 Å². The summed E-state index contributed by atoms with van der Waals surface area (Å²) in [7, 11) is 0. The average Bonchev–Trinajstić information content (AvgIpc) is 2.28. The Morgan fingerprint density at radius 1 is 1.38 bits per heavy atom. The maximum atomic E-state index is 13.0. The largest absolute Gasteiger partial charge is 0.314 e. The minimum atomic E-state index is -0.122. The molecule has 1 saturated heterocycles. The highest BCUT2D eigenvalue weighted by atomic mass is 19.1. The van der Waals surface area contributed by atoms with Crippen LogP contribution in [0.2, 0.25) is 0 Å². The Labute approximate surface area is 97.1 Å². The molecule has 2 atom stereocenters. The van der Waals surface area contributed by atoms with Crippen molar-refractivity contribution in [3.63, 3.8) is 0 Å². The van der Waals surface area contributed by atoms with Crippen LogP contribution in [-0.2, 0) is 6.42 Å². The number of hydrogen-bond acceptors (Lipinski definition) is 1. The Hall–Kier alpha value is -0.890. The summed E-state index contributed by atoms with van der Waals surface area (Å²) in [4.78, 5) is 0. The number of hydrogen-bond donors (Lipinski definition) is 1. The molecule has 1 fully saturated rings. The predicted molar refractivity (Wildman–Crippen MR) is 64.9 cm³/mol. The predicted octanol–water partition coefficient (Wildman–Crippen LogP) is 3.15. The lowest BCUT2D eigenvalue weighted by atomic mass is 9.93. The summed E-state index contributed by atoms with van der Waals surface area (Å²) in [5, 5.41) is 3.56. The van der Waals surface area contributed by atoms with Crippen molar-refractivity contribution < 1.29 is 4.39 Å². The fourth-order valence-corrected chi connectivity index (χ4v) is 2.34. The van der Waals surface area contributed by atoms with Crippen molar-refractivity contribution in [3.05, 3.63) is 35.6 Å². The topological polar surface area (TPSA) is 12.0 Å². The monoisotopic (exact) mass is 221 g/mol. The molecule has 0 amide bonds. The van der Waals surface area contributed by atoms with Gasteiger partial charge in [-0.25, -0.2) is 4.39 Å². The van der Waals surface area contributed by atoms with Gasteiger partial charge in [0.25, 0.3) is 0 Å². The first-order chi connectivity index (χ1) is 7.74. The van der Waals surface area contributed by atoms with Gasteiger partial charge in [0, 0.05) is 6.04 Å². The van der Waals surface area contributed by atoms with Crippen molar-refractivity contribution in [2.45, 2.75) is 38.6 Å². The zero-order chi connectivity index (χ0) is 11.4. The van der Waals surface area contributed by atoms with E-state index in [0.717, 1.165) is 30.9 Å². The van der Waals surface area contributed by atoms with E-state index in [1.165, 1.54) is 18.9 Å². The molecule has 1 heterocycles. The van der Waals surface area contributed by atoms with E-state index in [-0.39, 0.29) is 5.82 Å². The van der Waals surface area contributed by atoms with E-state index in [9.17, 15) is 4.39 Å². The van der Waals surface area contributed by atoms with Gasteiger partial charge < -0.3 is 5.32 Å². The maximum Gasteiger partial charge on any atom is 0.123 e. The van der Waals surface area contributed by atoms with Gasteiger partial charge in [0.1, 0.15) is 5.82 Å². The molecule has 2 heteroatoms. The Bertz CT molecular complexity index is 329. The van der Waals surface area contributed by atoms with Gasteiger partial charge in [-0.1, -0.05) is 19.1 Å². The lowest BCUT2D eigenvalue weighted by Gasteiger charge is -2.27. The van der Waals surface area contributed by atoms with E-state index in [2.05, 4.69) is 12.2 Å². The van der Waals surface area contributed by atoms with Crippen molar-refractivity contribution >= 4 is 0 Å². The second kappa shape index (κ2) is 5.44. The molecule has 0 saturated carbocycles. The van der Waals surface area contributed by atoms with Crippen LogP contribution in [0.5, 0.6) is 0 Å². The van der Waals surface area contributed by atoms with Crippen LogP contribution in [0.1, 0.15) is 31.7 Å². The van der Waals surface area contributed by atoms with Crippen molar-refractivity contribution in [2.24, 2.45) is 5.92 Å². The maximum absolute atomic E-state index is 13.0. The molecular formula is C14H20FN. The van der Waals surface area contributed by atoms with E-state index >= 15 is 0 Å². The Balaban J connectivity index is 1.79. The summed E-state index contributed by atoms with van der Waals surface area (Å²) in [5.41, 5.74) is 1.11. The van der Waals surface area contributed by atoms with Crippen LogP contribution < -0.4 is 5.32 Å². The van der Waals surface area contributed by atoms with Crippen LogP contribution in [0.15, 0.2) is 24.3 Å². The lowest BCUT2D eigenvalue weighted by molar-refractivity contribution is 0.316. The summed E-state index contributed by atoms with van der Waals surface area (Å²) >= 11 is 0. The van der Waals surface area contributed by atoms with Crippen LogP contribution in [-0.4, -0.2) is 12.6 Å². The van der Waals surface area contributed by atoms with Gasteiger partial charge in [0.05, 0.1) is 0 Å². The Kier molecular flexibility index (Phi) is 3.94. The molecule has 0 bridgehead atoms. The molecule has 2 rings (SSSR count). The summed E-state index contributed by atoms with van der Waals surface area (Å²) < 4.78 is 13.0. The number of nitrogens with one attached hydrogen (secondary N) is 1. The first kappa shape index (κ1) is 11.6. The Morgan fingerprint density at radius 2 is 2.25 bits per heavy atom. The second-order valence-corrected chi connectivity index (χ2v) is 4.96. The van der Waals surface area contributed by atoms with E-state index in [4.69, 9.17) is 0 Å². The highest BCUT2D eigenvalue weighted by molar-refractivity contribution is 5.16. The first-order valence-corrected chi connectivity index (χ1v) is 6.22. The van der Waals surface area contributed by atoms with Gasteiger partial charge in [-0.15, -0.1) is 0 Å². The van der Waals surface area contributed by atoms with Gasteiger partial charge in [-0.3, -0.25) is 0 Å². The molecule has 1 nitrogen and oxygen atoms in total. The molecule has 0 aromatic heterocycles. The summed E-state index contributed by atoms with van der Waals surface area (Å²) in [6.07, 6.45) is 4.68. The van der Waals surface area contributed by atoms with E-state index < -0.39 is 0 Å². The molecule has 16 heavy (non-hydrogen) atoms. The zero-order valence-corrected chi connectivity index (χ0v) is 9.88. The van der Waals surface area contributed by atoms with Crippen LogP contribution in [0, 0.1) is 11.7 Å². The normalized spacial score (nSPS) is 25.6. The second-order valence-electron chi connectivity index (χ2n) is 4.96. The van der Waals surface area contributed by atoms with Gasteiger partial charge in [-0.05, 0) is 55.8 Å². The summed E-state index contributed by atoms with van der Waals surface area (Å²) in [6, 6.07) is 7.57. The Morgan fingerprint density at radius 3 is 2.94 bits per heavy atom. The summed E-state index contributed by atoms with van der Waals surface area (Å²) in [5.74, 6) is 0.688. The van der Waals surface area contributed by atoms with E-state index in [1.54, 1.807) is 12.1 Å². The molecule has 2 unspecified atom stereocenters. The van der Waals surface area contributed by atoms with Crippen LogP contribution in [0.25, 0.3) is 0 Å². The number of aryl methyl sites for hydroxylation is 1. The third-order valence-electron chi connectivity index (χ3n) is 3.43. The molecule has 88 valence electrons. The van der Waals surface area contributed by atoms with Crippen molar-refractivity contribution in [1.82, 2.24) is 5.32 Å².